The minimum atomic E-state index is -0.620. The van der Waals surface area contributed by atoms with Crippen LogP contribution >= 0.6 is 0 Å². The summed E-state index contributed by atoms with van der Waals surface area (Å²) in [5.74, 6) is -0.656. The predicted octanol–water partition coefficient (Wildman–Crippen LogP) is 3.19. The largest absolute Gasteiger partial charge is 0.477 e. The van der Waals surface area contributed by atoms with Gasteiger partial charge in [0.1, 0.15) is 5.69 Å². The summed E-state index contributed by atoms with van der Waals surface area (Å²) in [4.78, 5) is 26.9. The van der Waals surface area contributed by atoms with E-state index < -0.39 is 10.7 Å². The lowest BCUT2D eigenvalue weighted by molar-refractivity contribution is -0.390. The summed E-state index contributed by atoms with van der Waals surface area (Å²) in [6, 6.07) is 4.95. The maximum atomic E-state index is 12.6. The van der Waals surface area contributed by atoms with Crippen LogP contribution in [0.4, 0.5) is 5.82 Å². The lowest BCUT2D eigenvalue weighted by Gasteiger charge is -2.17. The van der Waals surface area contributed by atoms with Gasteiger partial charge in [-0.3, -0.25) is 4.79 Å². The van der Waals surface area contributed by atoms with Crippen LogP contribution in [-0.2, 0) is 4.74 Å². The van der Waals surface area contributed by atoms with Crippen LogP contribution in [-0.4, -0.2) is 40.6 Å². The van der Waals surface area contributed by atoms with Crippen molar-refractivity contribution in [1.82, 2.24) is 9.55 Å². The quantitative estimate of drug-likeness (QED) is 0.407. The number of methoxy groups -OCH3 is 1. The van der Waals surface area contributed by atoms with E-state index in [0.29, 0.717) is 17.9 Å². The van der Waals surface area contributed by atoms with Crippen LogP contribution in [0.3, 0.4) is 0 Å². The molecule has 0 N–H and O–H groups in total. The second-order valence-electron chi connectivity index (χ2n) is 6.20. The Bertz CT molecular complexity index is 828. The lowest BCUT2D eigenvalue weighted by atomic mass is 10.1. The fourth-order valence-corrected chi connectivity index (χ4v) is 3.05. The molecule has 0 bridgehead atoms. The number of hydrogen-bond acceptors (Lipinski definition) is 6. The van der Waals surface area contributed by atoms with Crippen LogP contribution < -0.4 is 4.74 Å². The maximum absolute atomic E-state index is 12.6. The maximum Gasteiger partial charge on any atom is 0.406 e. The molecule has 0 spiro atoms. The molecular weight excluding hydrogens is 338 g/mol. The van der Waals surface area contributed by atoms with Gasteiger partial charge >= 0.3 is 5.82 Å². The molecule has 0 aliphatic carbocycles. The van der Waals surface area contributed by atoms with Crippen LogP contribution in [0, 0.1) is 30.9 Å². The minimum Gasteiger partial charge on any atom is -0.477 e. The fourth-order valence-electron chi connectivity index (χ4n) is 3.05. The highest BCUT2D eigenvalue weighted by molar-refractivity contribution is 5.98. The van der Waals surface area contributed by atoms with Crippen LogP contribution in [0.5, 0.6) is 5.75 Å². The minimum absolute atomic E-state index is 0.0180. The third-order valence-electron chi connectivity index (χ3n) is 4.14. The first-order chi connectivity index (χ1) is 12.3. The molecule has 2 aromatic rings. The van der Waals surface area contributed by atoms with Gasteiger partial charge in [0.15, 0.2) is 6.61 Å². The summed E-state index contributed by atoms with van der Waals surface area (Å²) < 4.78 is 12.6. The van der Waals surface area contributed by atoms with Crippen LogP contribution in [0.15, 0.2) is 18.2 Å². The van der Waals surface area contributed by atoms with Crippen molar-refractivity contribution in [2.24, 2.45) is 0 Å². The summed E-state index contributed by atoms with van der Waals surface area (Å²) in [5.41, 5.74) is 2.80. The van der Waals surface area contributed by atoms with Crippen molar-refractivity contribution in [2.75, 3.05) is 20.3 Å². The van der Waals surface area contributed by atoms with Crippen molar-refractivity contribution in [3.8, 4) is 5.75 Å². The van der Waals surface area contributed by atoms with Gasteiger partial charge in [-0.15, -0.1) is 0 Å². The van der Waals surface area contributed by atoms with E-state index in [9.17, 15) is 14.9 Å². The van der Waals surface area contributed by atoms with E-state index in [2.05, 4.69) is 4.98 Å². The van der Waals surface area contributed by atoms with Crippen molar-refractivity contribution in [2.45, 2.75) is 33.7 Å². The average molecular weight is 361 g/mol. The zero-order chi connectivity index (χ0) is 19.4. The van der Waals surface area contributed by atoms with Gasteiger partial charge in [0.05, 0.1) is 12.6 Å². The zero-order valence-electron chi connectivity index (χ0n) is 15.6. The van der Waals surface area contributed by atoms with Gasteiger partial charge in [-0.25, -0.2) is 0 Å². The van der Waals surface area contributed by atoms with E-state index in [1.54, 1.807) is 26.2 Å². The molecule has 1 atom stereocenters. The standard InChI is InChI=1S/C18H23N3O5/c1-11-6-7-17(18(19-11)21(23)24)26-10-16(22)15-8-12(2)20(14(15)4)13(3)9-25-5/h6-8,13H,9-10H2,1-5H3/t13-/m0/s1. The van der Waals surface area contributed by atoms with Crippen LogP contribution in [0.2, 0.25) is 0 Å². The Balaban J connectivity index is 2.19. The third-order valence-corrected chi connectivity index (χ3v) is 4.14. The number of carbonyl (C=O) groups is 1. The number of ketones is 1. The molecule has 0 radical (unpaired) electrons. The van der Waals surface area contributed by atoms with E-state index in [1.165, 1.54) is 6.07 Å². The van der Waals surface area contributed by atoms with Crippen LogP contribution in [0.1, 0.15) is 40.4 Å². The third kappa shape index (κ3) is 4.08. The van der Waals surface area contributed by atoms with Gasteiger partial charge in [0.25, 0.3) is 0 Å². The topological polar surface area (TPSA) is 96.5 Å². The second kappa shape index (κ2) is 8.09. The first-order valence-electron chi connectivity index (χ1n) is 8.21. The van der Waals surface area contributed by atoms with Crippen molar-refractivity contribution >= 4 is 11.6 Å². The van der Waals surface area contributed by atoms with Crippen molar-refractivity contribution in [3.05, 3.63) is 51.0 Å². The summed E-state index contributed by atoms with van der Waals surface area (Å²) in [7, 11) is 1.63. The molecule has 0 fully saturated rings. The SMILES string of the molecule is COC[C@H](C)n1c(C)cc(C(=O)COc2ccc(C)nc2[N+](=O)[O-])c1C. The molecule has 0 amide bonds. The van der Waals surface area contributed by atoms with Gasteiger partial charge in [-0.1, -0.05) is 0 Å². The Morgan fingerprint density at radius 1 is 1.35 bits per heavy atom. The summed E-state index contributed by atoms with van der Waals surface area (Å²) in [6.07, 6.45) is 0. The highest BCUT2D eigenvalue weighted by Gasteiger charge is 2.22. The zero-order valence-corrected chi connectivity index (χ0v) is 15.6. The van der Waals surface area contributed by atoms with Crippen molar-refractivity contribution < 1.29 is 19.2 Å². The number of ether oxygens (including phenoxy) is 2. The molecular formula is C18H23N3O5. The van der Waals surface area contributed by atoms with Crippen molar-refractivity contribution in [3.63, 3.8) is 0 Å². The molecule has 26 heavy (non-hydrogen) atoms. The molecule has 140 valence electrons. The summed E-state index contributed by atoms with van der Waals surface area (Å²) in [6.45, 7) is 7.68. The molecule has 2 heterocycles. The van der Waals surface area contributed by atoms with E-state index in [0.717, 1.165) is 11.4 Å². The number of nitrogens with zero attached hydrogens (tertiary/aromatic N) is 3. The number of pyridine rings is 1. The van der Waals surface area contributed by atoms with Crippen molar-refractivity contribution in [1.29, 1.82) is 0 Å². The Morgan fingerprint density at radius 2 is 2.04 bits per heavy atom. The normalized spacial score (nSPS) is 12.0. The molecule has 2 rings (SSSR count). The molecule has 0 aliphatic rings. The van der Waals surface area contributed by atoms with Gasteiger partial charge in [0.2, 0.25) is 11.5 Å². The number of Topliss-reactive ketones (excluding diaryl/α,β-unsaturated/α-hetero) is 1. The molecule has 0 saturated heterocycles. The van der Waals surface area contributed by atoms with E-state index in [4.69, 9.17) is 9.47 Å². The highest BCUT2D eigenvalue weighted by atomic mass is 16.6. The van der Waals surface area contributed by atoms with Crippen LogP contribution in [0.25, 0.3) is 0 Å². The molecule has 0 aromatic carbocycles. The summed E-state index contributed by atoms with van der Waals surface area (Å²) in [5, 5.41) is 11.1. The first-order valence-corrected chi connectivity index (χ1v) is 8.21. The van der Waals surface area contributed by atoms with E-state index in [-0.39, 0.29) is 24.2 Å². The van der Waals surface area contributed by atoms with Gasteiger partial charge in [-0.2, -0.15) is 0 Å². The Labute approximate surface area is 151 Å². The number of aryl methyl sites for hydroxylation is 2. The molecule has 0 saturated carbocycles. The molecule has 8 heteroatoms. The summed E-state index contributed by atoms with van der Waals surface area (Å²) >= 11 is 0. The lowest BCUT2D eigenvalue weighted by Crippen LogP contribution is -2.16. The van der Waals surface area contributed by atoms with E-state index >= 15 is 0 Å². The number of hydrogen-bond donors (Lipinski definition) is 0. The first kappa shape index (κ1) is 19.6. The van der Waals surface area contributed by atoms with E-state index in [1.807, 2.05) is 25.3 Å². The molecule has 0 unspecified atom stereocenters. The number of rotatable bonds is 8. The number of aromatic nitrogens is 2. The Kier molecular flexibility index (Phi) is 6.10. The Hall–Kier alpha value is -2.74. The number of carbonyl (C=O) groups excluding carboxylic acids is 1. The highest BCUT2D eigenvalue weighted by Crippen LogP contribution is 2.25. The van der Waals surface area contributed by atoms with Gasteiger partial charge < -0.3 is 24.2 Å². The predicted molar refractivity (Wildman–Crippen MR) is 95.9 cm³/mol. The molecule has 8 nitrogen and oxygen atoms in total. The fraction of sp³-hybridized carbons (Fsp3) is 0.444. The second-order valence-corrected chi connectivity index (χ2v) is 6.20. The van der Waals surface area contributed by atoms with Gasteiger partial charge in [0, 0.05) is 31.0 Å². The Morgan fingerprint density at radius 3 is 2.65 bits per heavy atom. The monoisotopic (exact) mass is 361 g/mol. The number of nitro groups is 1. The molecule has 0 aliphatic heterocycles. The smallest absolute Gasteiger partial charge is 0.406 e. The van der Waals surface area contributed by atoms with Gasteiger partial charge in [-0.05, 0) is 48.9 Å². The molecule has 2 aromatic heterocycles. The average Bonchev–Trinajstić information content (AvgIpc) is 2.88.